The Morgan fingerprint density at radius 3 is 2.41 bits per heavy atom. The first kappa shape index (κ1) is 18.8. The van der Waals surface area contributed by atoms with Crippen molar-refractivity contribution in [2.24, 2.45) is 10.5 Å². The van der Waals surface area contributed by atoms with Crippen LogP contribution in [0.1, 0.15) is 12.5 Å². The molecular formula is C19H17ClFN3O3. The van der Waals surface area contributed by atoms with Gasteiger partial charge in [0.15, 0.2) is 0 Å². The molecule has 2 aromatic rings. The third-order valence-electron chi connectivity index (χ3n) is 4.29. The summed E-state index contributed by atoms with van der Waals surface area (Å²) >= 11 is 5.93. The lowest BCUT2D eigenvalue weighted by atomic mass is 9.82. The maximum Gasteiger partial charge on any atom is 0.342 e. The molecule has 1 N–H and O–H groups in total. The van der Waals surface area contributed by atoms with Crippen molar-refractivity contribution < 1.29 is 18.7 Å². The van der Waals surface area contributed by atoms with E-state index in [0.717, 1.165) is 5.01 Å². The van der Waals surface area contributed by atoms with Crippen LogP contribution < -0.4 is 5.32 Å². The summed E-state index contributed by atoms with van der Waals surface area (Å²) in [4.78, 5) is 25.0. The lowest BCUT2D eigenvalue weighted by molar-refractivity contribution is -0.147. The number of carbonyl (C=O) groups is 2. The van der Waals surface area contributed by atoms with Crippen LogP contribution in [0, 0.1) is 11.2 Å². The summed E-state index contributed by atoms with van der Waals surface area (Å²) in [5.41, 5.74) is 0.337. The zero-order valence-electron chi connectivity index (χ0n) is 14.7. The molecular weight excluding hydrogens is 373 g/mol. The second-order valence-corrected chi connectivity index (χ2v) is 6.71. The molecule has 1 aliphatic rings. The van der Waals surface area contributed by atoms with Crippen LogP contribution in [0.3, 0.4) is 0 Å². The van der Waals surface area contributed by atoms with Crippen molar-refractivity contribution in [2.75, 3.05) is 19.0 Å². The van der Waals surface area contributed by atoms with Gasteiger partial charge in [0.05, 0.1) is 19.4 Å². The van der Waals surface area contributed by atoms with E-state index >= 15 is 0 Å². The number of carbonyl (C=O) groups excluding carboxylic acids is 2. The normalized spacial score (nSPS) is 18.8. The Balaban J connectivity index is 1.90. The fraction of sp³-hybridized carbons (Fsp3) is 0.211. The number of benzene rings is 2. The number of urea groups is 1. The third-order valence-corrected chi connectivity index (χ3v) is 4.54. The van der Waals surface area contributed by atoms with Gasteiger partial charge in [-0.25, -0.2) is 14.2 Å². The van der Waals surface area contributed by atoms with Crippen LogP contribution in [0.2, 0.25) is 5.02 Å². The molecule has 27 heavy (non-hydrogen) atoms. The van der Waals surface area contributed by atoms with Crippen LogP contribution in [0.25, 0.3) is 0 Å². The molecule has 3 rings (SSSR count). The van der Waals surface area contributed by atoms with E-state index in [1.165, 1.54) is 31.4 Å². The molecule has 1 aliphatic heterocycles. The highest BCUT2D eigenvalue weighted by atomic mass is 35.5. The smallest absolute Gasteiger partial charge is 0.342 e. The van der Waals surface area contributed by atoms with Crippen LogP contribution in [-0.4, -0.2) is 36.4 Å². The molecule has 1 heterocycles. The first-order valence-electron chi connectivity index (χ1n) is 8.11. The first-order chi connectivity index (χ1) is 12.8. The van der Waals surface area contributed by atoms with Crippen molar-refractivity contribution in [3.8, 4) is 0 Å². The Kier molecular flexibility index (Phi) is 5.14. The molecule has 0 spiro atoms. The van der Waals surface area contributed by atoms with Gasteiger partial charge in [0.25, 0.3) is 0 Å². The molecule has 0 aromatic heterocycles. The van der Waals surface area contributed by atoms with Crippen LogP contribution in [-0.2, 0) is 9.53 Å². The Labute approximate surface area is 160 Å². The van der Waals surface area contributed by atoms with Crippen molar-refractivity contribution in [3.05, 3.63) is 64.9 Å². The van der Waals surface area contributed by atoms with Gasteiger partial charge < -0.3 is 10.1 Å². The number of hydrogen-bond donors (Lipinski definition) is 1. The number of ether oxygens (including phenoxy) is 1. The van der Waals surface area contributed by atoms with Gasteiger partial charge in [0, 0.05) is 10.7 Å². The van der Waals surface area contributed by atoms with Crippen molar-refractivity contribution >= 4 is 35.0 Å². The molecule has 8 heteroatoms. The number of methoxy groups -OCH3 is 1. The van der Waals surface area contributed by atoms with E-state index in [0.29, 0.717) is 22.0 Å². The van der Waals surface area contributed by atoms with Crippen LogP contribution in [0.15, 0.2) is 53.6 Å². The highest BCUT2D eigenvalue weighted by Gasteiger charge is 2.48. The van der Waals surface area contributed by atoms with Gasteiger partial charge in [-0.3, -0.25) is 4.79 Å². The minimum atomic E-state index is -1.14. The van der Waals surface area contributed by atoms with Gasteiger partial charge >= 0.3 is 12.0 Å². The van der Waals surface area contributed by atoms with Gasteiger partial charge in [-0.05, 0) is 48.9 Å². The minimum Gasteiger partial charge on any atom is -0.468 e. The molecule has 6 nitrogen and oxygen atoms in total. The summed E-state index contributed by atoms with van der Waals surface area (Å²) in [5.74, 6) is -0.913. The highest BCUT2D eigenvalue weighted by molar-refractivity contribution is 6.30. The average Bonchev–Trinajstić information content (AvgIpc) is 3.02. The SMILES string of the molecule is COC(=O)C1(C)CN(C(=O)Nc2ccc(F)cc2)N=C1c1ccc(Cl)cc1. The van der Waals surface area contributed by atoms with Gasteiger partial charge in [-0.15, -0.1) is 0 Å². The standard InChI is InChI=1S/C19H17ClFN3O3/c1-19(17(25)27-2)11-24(18(26)22-15-9-7-14(21)8-10-15)23-16(19)12-3-5-13(20)6-4-12/h3-10H,11H2,1-2H3,(H,22,26). The summed E-state index contributed by atoms with van der Waals surface area (Å²) in [7, 11) is 1.29. The van der Waals surface area contributed by atoms with Crippen LogP contribution >= 0.6 is 11.6 Å². The molecule has 0 fully saturated rings. The minimum absolute atomic E-state index is 0.00462. The zero-order valence-corrected chi connectivity index (χ0v) is 15.5. The van der Waals surface area contributed by atoms with Crippen molar-refractivity contribution in [3.63, 3.8) is 0 Å². The molecule has 0 bridgehead atoms. The van der Waals surface area contributed by atoms with E-state index in [9.17, 15) is 14.0 Å². The molecule has 140 valence electrons. The summed E-state index contributed by atoms with van der Waals surface area (Å²) in [5, 5.41) is 8.67. The molecule has 2 aromatic carbocycles. The van der Waals surface area contributed by atoms with Gasteiger partial charge in [-0.2, -0.15) is 5.10 Å². The first-order valence-corrected chi connectivity index (χ1v) is 8.49. The number of hydrogen-bond acceptors (Lipinski definition) is 4. The molecule has 0 radical (unpaired) electrons. The maximum atomic E-state index is 13.0. The summed E-state index contributed by atoms with van der Waals surface area (Å²) in [6.07, 6.45) is 0. The van der Waals surface area contributed by atoms with Crippen molar-refractivity contribution in [1.29, 1.82) is 0 Å². The zero-order chi connectivity index (χ0) is 19.6. The Morgan fingerprint density at radius 2 is 1.81 bits per heavy atom. The molecule has 0 saturated carbocycles. The number of anilines is 1. The Bertz CT molecular complexity index is 899. The number of halogens is 2. The number of rotatable bonds is 3. The van der Waals surface area contributed by atoms with Crippen molar-refractivity contribution in [1.82, 2.24) is 5.01 Å². The van der Waals surface area contributed by atoms with E-state index in [-0.39, 0.29) is 6.54 Å². The molecule has 0 saturated heterocycles. The Hall–Kier alpha value is -2.93. The quantitative estimate of drug-likeness (QED) is 0.809. The number of esters is 1. The topological polar surface area (TPSA) is 71.0 Å². The highest BCUT2D eigenvalue weighted by Crippen LogP contribution is 2.33. The average molecular weight is 390 g/mol. The summed E-state index contributed by atoms with van der Waals surface area (Å²) in [6.45, 7) is 1.67. The van der Waals surface area contributed by atoms with Gasteiger partial charge in [0.1, 0.15) is 11.2 Å². The van der Waals surface area contributed by atoms with Crippen LogP contribution in [0.4, 0.5) is 14.9 Å². The van der Waals surface area contributed by atoms with E-state index in [1.54, 1.807) is 31.2 Å². The van der Waals surface area contributed by atoms with E-state index in [1.807, 2.05) is 0 Å². The molecule has 1 atom stereocenters. The second kappa shape index (κ2) is 7.36. The lowest BCUT2D eigenvalue weighted by Crippen LogP contribution is -2.42. The summed E-state index contributed by atoms with van der Waals surface area (Å²) in [6, 6.07) is 11.6. The number of nitrogens with one attached hydrogen (secondary N) is 1. The number of hydrazone groups is 1. The fourth-order valence-electron chi connectivity index (χ4n) is 2.85. The van der Waals surface area contributed by atoms with E-state index < -0.39 is 23.2 Å². The van der Waals surface area contributed by atoms with E-state index in [2.05, 4.69) is 10.4 Å². The predicted molar refractivity (Wildman–Crippen MR) is 100 cm³/mol. The molecule has 2 amide bonds. The van der Waals surface area contributed by atoms with Crippen LogP contribution in [0.5, 0.6) is 0 Å². The fourth-order valence-corrected chi connectivity index (χ4v) is 2.98. The largest absolute Gasteiger partial charge is 0.468 e. The van der Waals surface area contributed by atoms with E-state index in [4.69, 9.17) is 16.3 Å². The molecule has 0 aliphatic carbocycles. The maximum absolute atomic E-state index is 13.0. The number of nitrogens with zero attached hydrogens (tertiary/aromatic N) is 2. The van der Waals surface area contributed by atoms with Gasteiger partial charge in [0.2, 0.25) is 0 Å². The second-order valence-electron chi connectivity index (χ2n) is 6.27. The predicted octanol–water partition coefficient (Wildman–Crippen LogP) is 3.91. The third kappa shape index (κ3) is 3.78. The van der Waals surface area contributed by atoms with Crippen molar-refractivity contribution in [2.45, 2.75) is 6.92 Å². The Morgan fingerprint density at radius 1 is 1.19 bits per heavy atom. The number of amides is 2. The molecule has 1 unspecified atom stereocenters. The van der Waals surface area contributed by atoms with Gasteiger partial charge in [-0.1, -0.05) is 23.7 Å². The summed E-state index contributed by atoms with van der Waals surface area (Å²) < 4.78 is 17.9. The monoisotopic (exact) mass is 389 g/mol. The lowest BCUT2D eigenvalue weighted by Gasteiger charge is -2.23.